The Morgan fingerprint density at radius 1 is 1.19 bits per heavy atom. The van der Waals surface area contributed by atoms with Crippen LogP contribution in [0.3, 0.4) is 0 Å². The quantitative estimate of drug-likeness (QED) is 0.930. The molecule has 0 radical (unpaired) electrons. The molecule has 0 bridgehead atoms. The summed E-state index contributed by atoms with van der Waals surface area (Å²) < 4.78 is 27.6. The molecule has 0 amide bonds. The molecule has 0 unspecified atom stereocenters. The lowest BCUT2D eigenvalue weighted by atomic mass is 10.0. The van der Waals surface area contributed by atoms with Crippen LogP contribution in [0.5, 0.6) is 0 Å². The van der Waals surface area contributed by atoms with Gasteiger partial charge in [0, 0.05) is 18.6 Å². The van der Waals surface area contributed by atoms with E-state index < -0.39 is 10.0 Å². The molecule has 0 spiro atoms. The van der Waals surface area contributed by atoms with Gasteiger partial charge in [0.1, 0.15) is 0 Å². The molecule has 2 atom stereocenters. The van der Waals surface area contributed by atoms with Gasteiger partial charge in [-0.2, -0.15) is 4.31 Å². The molecule has 2 N–H and O–H groups in total. The van der Waals surface area contributed by atoms with Gasteiger partial charge < -0.3 is 5.73 Å². The standard InChI is InChI=1S/C16H26N2O2S/c1-4-14-8-9-16(10-15(14)11-17)21(19,20)18-12(2)6-5-7-13(18)3/h8-10,12-13H,4-7,11,17H2,1-3H3/t12-,13+. The van der Waals surface area contributed by atoms with E-state index in [1.165, 1.54) is 0 Å². The fraction of sp³-hybridized carbons (Fsp3) is 0.625. The van der Waals surface area contributed by atoms with E-state index in [4.69, 9.17) is 5.73 Å². The summed E-state index contributed by atoms with van der Waals surface area (Å²) in [4.78, 5) is 0.376. The third-order valence-corrected chi connectivity index (χ3v) is 6.59. The third kappa shape index (κ3) is 3.15. The molecule has 1 heterocycles. The third-order valence-electron chi connectivity index (χ3n) is 4.47. The van der Waals surface area contributed by atoms with E-state index in [0.29, 0.717) is 11.4 Å². The summed E-state index contributed by atoms with van der Waals surface area (Å²) in [6.45, 7) is 6.42. The Hall–Kier alpha value is -0.910. The van der Waals surface area contributed by atoms with Gasteiger partial charge in [-0.25, -0.2) is 8.42 Å². The van der Waals surface area contributed by atoms with Crippen LogP contribution in [0.25, 0.3) is 0 Å². The second-order valence-corrected chi connectivity index (χ2v) is 7.80. The molecule has 5 heteroatoms. The van der Waals surface area contributed by atoms with Crippen LogP contribution >= 0.6 is 0 Å². The van der Waals surface area contributed by atoms with Gasteiger partial charge in [0.05, 0.1) is 4.90 Å². The maximum absolute atomic E-state index is 13.0. The van der Waals surface area contributed by atoms with Gasteiger partial charge in [-0.3, -0.25) is 0 Å². The highest BCUT2D eigenvalue weighted by atomic mass is 32.2. The van der Waals surface area contributed by atoms with Gasteiger partial charge in [-0.05, 0) is 56.4 Å². The Labute approximate surface area is 128 Å². The summed E-state index contributed by atoms with van der Waals surface area (Å²) in [5.41, 5.74) is 7.81. The topological polar surface area (TPSA) is 63.4 Å². The Bertz CT molecular complexity index is 588. The molecular weight excluding hydrogens is 284 g/mol. The smallest absolute Gasteiger partial charge is 0.243 e. The molecule has 4 nitrogen and oxygen atoms in total. The molecule has 1 fully saturated rings. The van der Waals surface area contributed by atoms with Crippen molar-refractivity contribution >= 4 is 10.0 Å². The average molecular weight is 310 g/mol. The van der Waals surface area contributed by atoms with Gasteiger partial charge in [0.25, 0.3) is 0 Å². The predicted octanol–water partition coefficient (Wildman–Crippen LogP) is 2.66. The van der Waals surface area contributed by atoms with Crippen molar-refractivity contribution < 1.29 is 8.42 Å². The van der Waals surface area contributed by atoms with Crippen LogP contribution in [0, 0.1) is 0 Å². The Morgan fingerprint density at radius 3 is 2.33 bits per heavy atom. The number of piperidine rings is 1. The van der Waals surface area contributed by atoms with Crippen molar-refractivity contribution in [2.24, 2.45) is 5.73 Å². The average Bonchev–Trinajstić information content (AvgIpc) is 2.46. The molecule has 118 valence electrons. The van der Waals surface area contributed by atoms with Gasteiger partial charge in [0.2, 0.25) is 10.0 Å². The summed E-state index contributed by atoms with van der Waals surface area (Å²) >= 11 is 0. The molecule has 1 aliphatic rings. The number of hydrogen-bond donors (Lipinski definition) is 1. The lowest BCUT2D eigenvalue weighted by molar-refractivity contribution is 0.204. The first-order valence-electron chi connectivity index (χ1n) is 7.77. The molecule has 0 saturated carbocycles. The van der Waals surface area contributed by atoms with Crippen LogP contribution in [0.2, 0.25) is 0 Å². The summed E-state index contributed by atoms with van der Waals surface area (Å²) in [7, 11) is -3.44. The normalized spacial score (nSPS) is 24.2. The maximum Gasteiger partial charge on any atom is 0.243 e. The minimum atomic E-state index is -3.44. The highest BCUT2D eigenvalue weighted by Crippen LogP contribution is 2.30. The summed E-state index contributed by atoms with van der Waals surface area (Å²) in [6.07, 6.45) is 3.82. The Morgan fingerprint density at radius 2 is 1.81 bits per heavy atom. The van der Waals surface area contributed by atoms with Crippen LogP contribution in [0.15, 0.2) is 23.1 Å². The predicted molar refractivity (Wildman–Crippen MR) is 85.5 cm³/mol. The zero-order valence-corrected chi connectivity index (χ0v) is 14.0. The molecule has 1 aromatic rings. The van der Waals surface area contributed by atoms with Gasteiger partial charge in [-0.15, -0.1) is 0 Å². The molecule has 2 rings (SSSR count). The Kier molecular flexibility index (Phi) is 5.07. The zero-order valence-electron chi connectivity index (χ0n) is 13.2. The highest BCUT2D eigenvalue weighted by Gasteiger charge is 2.35. The number of aryl methyl sites for hydroxylation is 1. The monoisotopic (exact) mass is 310 g/mol. The first-order valence-corrected chi connectivity index (χ1v) is 9.21. The Balaban J connectivity index is 2.43. The second kappa shape index (κ2) is 6.46. The van der Waals surface area contributed by atoms with E-state index in [1.807, 2.05) is 19.9 Å². The molecule has 0 aliphatic carbocycles. The van der Waals surface area contributed by atoms with Crippen molar-refractivity contribution in [3.63, 3.8) is 0 Å². The van der Waals surface area contributed by atoms with E-state index >= 15 is 0 Å². The van der Waals surface area contributed by atoms with Crippen LogP contribution < -0.4 is 5.73 Å². The van der Waals surface area contributed by atoms with Crippen molar-refractivity contribution in [3.8, 4) is 0 Å². The van der Waals surface area contributed by atoms with Gasteiger partial charge in [-0.1, -0.05) is 19.4 Å². The van der Waals surface area contributed by atoms with Gasteiger partial charge in [0.15, 0.2) is 0 Å². The van der Waals surface area contributed by atoms with Crippen molar-refractivity contribution in [1.29, 1.82) is 0 Å². The van der Waals surface area contributed by atoms with Crippen molar-refractivity contribution in [2.75, 3.05) is 0 Å². The summed E-state index contributed by atoms with van der Waals surface area (Å²) in [5, 5.41) is 0. The van der Waals surface area contributed by atoms with E-state index in [9.17, 15) is 8.42 Å². The fourth-order valence-corrected chi connectivity index (χ4v) is 5.22. The van der Waals surface area contributed by atoms with Crippen LogP contribution in [-0.2, 0) is 23.0 Å². The van der Waals surface area contributed by atoms with Gasteiger partial charge >= 0.3 is 0 Å². The summed E-state index contributed by atoms with van der Waals surface area (Å²) in [5.74, 6) is 0. The first-order chi connectivity index (χ1) is 9.91. The number of nitrogens with zero attached hydrogens (tertiary/aromatic N) is 1. The lowest BCUT2D eigenvalue weighted by Gasteiger charge is -2.37. The zero-order chi connectivity index (χ0) is 15.6. The molecule has 21 heavy (non-hydrogen) atoms. The molecule has 1 saturated heterocycles. The molecule has 1 aromatic carbocycles. The second-order valence-electron chi connectivity index (χ2n) is 5.95. The van der Waals surface area contributed by atoms with E-state index in [0.717, 1.165) is 36.8 Å². The number of benzene rings is 1. The highest BCUT2D eigenvalue weighted by molar-refractivity contribution is 7.89. The maximum atomic E-state index is 13.0. The SMILES string of the molecule is CCc1ccc(S(=O)(=O)N2[C@H](C)CCC[C@@H]2C)cc1CN. The van der Waals surface area contributed by atoms with Crippen LogP contribution in [0.4, 0.5) is 0 Å². The van der Waals surface area contributed by atoms with Crippen molar-refractivity contribution in [3.05, 3.63) is 29.3 Å². The van der Waals surface area contributed by atoms with Crippen LogP contribution in [0.1, 0.15) is 51.2 Å². The van der Waals surface area contributed by atoms with E-state index in [-0.39, 0.29) is 12.1 Å². The fourth-order valence-electron chi connectivity index (χ4n) is 3.29. The van der Waals surface area contributed by atoms with E-state index in [2.05, 4.69) is 6.92 Å². The van der Waals surface area contributed by atoms with Crippen molar-refractivity contribution in [2.45, 2.75) is 70.0 Å². The number of rotatable bonds is 4. The summed E-state index contributed by atoms with van der Waals surface area (Å²) in [6, 6.07) is 5.50. The minimum Gasteiger partial charge on any atom is -0.326 e. The van der Waals surface area contributed by atoms with Crippen molar-refractivity contribution in [1.82, 2.24) is 4.31 Å². The molecule has 1 aliphatic heterocycles. The largest absolute Gasteiger partial charge is 0.326 e. The molecule has 0 aromatic heterocycles. The lowest BCUT2D eigenvalue weighted by Crippen LogP contribution is -2.47. The number of nitrogens with two attached hydrogens (primary N) is 1. The minimum absolute atomic E-state index is 0.0610. The number of sulfonamides is 1. The van der Waals surface area contributed by atoms with E-state index in [1.54, 1.807) is 16.4 Å². The number of hydrogen-bond acceptors (Lipinski definition) is 3. The van der Waals surface area contributed by atoms with Crippen LogP contribution in [-0.4, -0.2) is 24.8 Å². The molecular formula is C16H26N2O2S. The first kappa shape index (κ1) is 16.5.